The predicted octanol–water partition coefficient (Wildman–Crippen LogP) is 0.938. The molecule has 1 amide bonds. The quantitative estimate of drug-likeness (QED) is 0.850. The lowest BCUT2D eigenvalue weighted by molar-refractivity contribution is -0.131. The van der Waals surface area contributed by atoms with Crippen LogP contribution < -0.4 is 10.7 Å². The monoisotopic (exact) mass is 288 g/mol. The molecule has 0 radical (unpaired) electrons. The number of hydrazine groups is 1. The van der Waals surface area contributed by atoms with E-state index in [1.807, 2.05) is 12.1 Å². The molecule has 21 heavy (non-hydrogen) atoms. The first-order valence-electron chi connectivity index (χ1n) is 7.72. The molecular formula is C16H24N4O. The van der Waals surface area contributed by atoms with E-state index < -0.39 is 0 Å². The standard InChI is InChI=1S/C16H24N4O/c1-12-14(11-13-5-3-4-6-15(13)17-12)16(21)18-20-9-7-19(2)8-10-20/h3-6,12,14,17H,7-11H2,1-2H3,(H,18,21). The van der Waals surface area contributed by atoms with Crippen LogP contribution in [0, 0.1) is 5.92 Å². The molecule has 114 valence electrons. The highest BCUT2D eigenvalue weighted by atomic mass is 16.2. The minimum atomic E-state index is -0.0143. The van der Waals surface area contributed by atoms with Crippen LogP contribution in [0.1, 0.15) is 12.5 Å². The lowest BCUT2D eigenvalue weighted by atomic mass is 9.87. The smallest absolute Gasteiger partial charge is 0.239 e. The van der Waals surface area contributed by atoms with E-state index in [1.54, 1.807) is 0 Å². The van der Waals surface area contributed by atoms with Gasteiger partial charge in [0.05, 0.1) is 5.92 Å². The summed E-state index contributed by atoms with van der Waals surface area (Å²) in [6.07, 6.45) is 0.809. The number of carbonyl (C=O) groups is 1. The first kappa shape index (κ1) is 14.4. The van der Waals surface area contributed by atoms with Crippen molar-refractivity contribution in [1.29, 1.82) is 0 Å². The zero-order valence-electron chi connectivity index (χ0n) is 12.8. The number of piperazine rings is 1. The number of fused-ring (bicyclic) bond motifs is 1. The fourth-order valence-corrected chi connectivity index (χ4v) is 3.08. The van der Waals surface area contributed by atoms with Crippen LogP contribution in [0.2, 0.25) is 0 Å². The summed E-state index contributed by atoms with van der Waals surface area (Å²) in [7, 11) is 2.11. The molecule has 2 unspecified atom stereocenters. The molecule has 0 spiro atoms. The highest BCUT2D eigenvalue weighted by molar-refractivity contribution is 5.81. The summed E-state index contributed by atoms with van der Waals surface area (Å²) in [5.74, 6) is 0.119. The van der Waals surface area contributed by atoms with Gasteiger partial charge in [0.25, 0.3) is 0 Å². The zero-order chi connectivity index (χ0) is 14.8. The molecule has 3 rings (SSSR count). The summed E-state index contributed by atoms with van der Waals surface area (Å²) in [5.41, 5.74) is 5.49. The van der Waals surface area contributed by atoms with E-state index in [0.29, 0.717) is 0 Å². The summed E-state index contributed by atoms with van der Waals surface area (Å²) in [4.78, 5) is 14.8. The number of hydrogen-bond acceptors (Lipinski definition) is 4. The highest BCUT2D eigenvalue weighted by Gasteiger charge is 2.31. The number of likely N-dealkylation sites (N-methyl/N-ethyl adjacent to an activating group) is 1. The van der Waals surface area contributed by atoms with Gasteiger partial charge < -0.3 is 10.2 Å². The van der Waals surface area contributed by atoms with Gasteiger partial charge in [0.15, 0.2) is 0 Å². The molecule has 1 aromatic carbocycles. The number of amides is 1. The van der Waals surface area contributed by atoms with Crippen LogP contribution in [0.15, 0.2) is 24.3 Å². The second kappa shape index (κ2) is 6.03. The Bertz CT molecular complexity index is 511. The van der Waals surface area contributed by atoms with Crippen LogP contribution in [0.5, 0.6) is 0 Å². The molecule has 1 saturated heterocycles. The Kier molecular flexibility index (Phi) is 4.12. The van der Waals surface area contributed by atoms with E-state index in [-0.39, 0.29) is 17.9 Å². The van der Waals surface area contributed by atoms with E-state index in [4.69, 9.17) is 0 Å². The van der Waals surface area contributed by atoms with Crippen molar-refractivity contribution in [1.82, 2.24) is 15.3 Å². The summed E-state index contributed by atoms with van der Waals surface area (Å²) in [6.45, 7) is 5.88. The largest absolute Gasteiger partial charge is 0.382 e. The SMILES string of the molecule is CC1Nc2ccccc2CC1C(=O)NN1CCN(C)CC1. The van der Waals surface area contributed by atoms with E-state index in [1.165, 1.54) is 5.56 Å². The van der Waals surface area contributed by atoms with Crippen molar-refractivity contribution in [2.45, 2.75) is 19.4 Å². The van der Waals surface area contributed by atoms with Gasteiger partial charge in [0, 0.05) is 37.9 Å². The normalized spacial score (nSPS) is 26.8. The Labute approximate surface area is 126 Å². The van der Waals surface area contributed by atoms with E-state index in [0.717, 1.165) is 38.3 Å². The Morgan fingerprint density at radius 3 is 2.71 bits per heavy atom. The molecule has 1 aromatic rings. The van der Waals surface area contributed by atoms with Gasteiger partial charge in [-0.1, -0.05) is 18.2 Å². The van der Waals surface area contributed by atoms with E-state index in [9.17, 15) is 4.79 Å². The molecule has 0 aromatic heterocycles. The summed E-state index contributed by atoms with van der Waals surface area (Å²) in [6, 6.07) is 8.41. The topological polar surface area (TPSA) is 47.6 Å². The number of benzene rings is 1. The van der Waals surface area contributed by atoms with Crippen molar-refractivity contribution in [2.75, 3.05) is 38.5 Å². The second-order valence-corrected chi connectivity index (χ2v) is 6.17. The number of rotatable bonds is 2. The lowest BCUT2D eigenvalue weighted by Gasteiger charge is -2.36. The van der Waals surface area contributed by atoms with Crippen LogP contribution in [0.4, 0.5) is 5.69 Å². The Morgan fingerprint density at radius 1 is 1.24 bits per heavy atom. The second-order valence-electron chi connectivity index (χ2n) is 6.17. The average Bonchev–Trinajstić information content (AvgIpc) is 2.49. The molecule has 2 aliphatic heterocycles. The third kappa shape index (κ3) is 3.19. The van der Waals surface area contributed by atoms with Gasteiger partial charge in [0.2, 0.25) is 5.91 Å². The Balaban J connectivity index is 1.62. The molecule has 0 aliphatic carbocycles. The third-order valence-electron chi connectivity index (χ3n) is 4.55. The number of nitrogens with one attached hydrogen (secondary N) is 2. The van der Waals surface area contributed by atoms with Crippen LogP contribution in [-0.4, -0.2) is 55.1 Å². The van der Waals surface area contributed by atoms with Gasteiger partial charge >= 0.3 is 0 Å². The van der Waals surface area contributed by atoms with Crippen LogP contribution in [-0.2, 0) is 11.2 Å². The molecule has 5 heteroatoms. The predicted molar refractivity (Wildman–Crippen MR) is 83.9 cm³/mol. The van der Waals surface area contributed by atoms with Crippen LogP contribution >= 0.6 is 0 Å². The molecule has 2 N–H and O–H groups in total. The third-order valence-corrected chi connectivity index (χ3v) is 4.55. The number of para-hydroxylation sites is 1. The first-order chi connectivity index (χ1) is 10.1. The molecule has 2 aliphatic rings. The van der Waals surface area contributed by atoms with Gasteiger partial charge in [-0.05, 0) is 32.0 Å². The maximum Gasteiger partial charge on any atom is 0.239 e. The molecule has 1 fully saturated rings. The molecule has 0 bridgehead atoms. The summed E-state index contributed by atoms with van der Waals surface area (Å²) >= 11 is 0. The maximum absolute atomic E-state index is 12.6. The highest BCUT2D eigenvalue weighted by Crippen LogP contribution is 2.28. The lowest BCUT2D eigenvalue weighted by Crippen LogP contribution is -2.55. The van der Waals surface area contributed by atoms with Crippen molar-refractivity contribution >= 4 is 11.6 Å². The minimum absolute atomic E-state index is 0.0143. The molecule has 0 saturated carbocycles. The molecule has 2 heterocycles. The fraction of sp³-hybridized carbons (Fsp3) is 0.562. The van der Waals surface area contributed by atoms with Crippen molar-refractivity contribution < 1.29 is 4.79 Å². The zero-order valence-corrected chi connectivity index (χ0v) is 12.8. The van der Waals surface area contributed by atoms with Gasteiger partial charge in [0.1, 0.15) is 0 Å². The minimum Gasteiger partial charge on any atom is -0.382 e. The fourth-order valence-electron chi connectivity index (χ4n) is 3.08. The number of carbonyl (C=O) groups excluding carboxylic acids is 1. The molecular weight excluding hydrogens is 264 g/mol. The maximum atomic E-state index is 12.6. The van der Waals surface area contributed by atoms with Crippen molar-refractivity contribution in [2.24, 2.45) is 5.92 Å². The van der Waals surface area contributed by atoms with E-state index >= 15 is 0 Å². The Hall–Kier alpha value is -1.59. The number of nitrogens with zero attached hydrogens (tertiary/aromatic N) is 2. The van der Waals surface area contributed by atoms with Gasteiger partial charge in [-0.3, -0.25) is 10.2 Å². The number of anilines is 1. The van der Waals surface area contributed by atoms with Gasteiger partial charge in [-0.15, -0.1) is 0 Å². The van der Waals surface area contributed by atoms with E-state index in [2.05, 4.69) is 46.8 Å². The van der Waals surface area contributed by atoms with Crippen molar-refractivity contribution in [3.63, 3.8) is 0 Å². The molecule has 2 atom stereocenters. The van der Waals surface area contributed by atoms with Crippen molar-refractivity contribution in [3.8, 4) is 0 Å². The van der Waals surface area contributed by atoms with Crippen LogP contribution in [0.3, 0.4) is 0 Å². The summed E-state index contributed by atoms with van der Waals surface area (Å²) < 4.78 is 0. The van der Waals surface area contributed by atoms with Gasteiger partial charge in [-0.25, -0.2) is 5.01 Å². The van der Waals surface area contributed by atoms with Gasteiger partial charge in [-0.2, -0.15) is 0 Å². The number of hydrogen-bond donors (Lipinski definition) is 2. The first-order valence-corrected chi connectivity index (χ1v) is 7.72. The van der Waals surface area contributed by atoms with Crippen LogP contribution in [0.25, 0.3) is 0 Å². The Morgan fingerprint density at radius 2 is 1.95 bits per heavy atom. The van der Waals surface area contributed by atoms with Crippen molar-refractivity contribution in [3.05, 3.63) is 29.8 Å². The molecule has 5 nitrogen and oxygen atoms in total. The average molecular weight is 288 g/mol. The summed E-state index contributed by atoms with van der Waals surface area (Å²) in [5, 5.41) is 5.50.